The van der Waals surface area contributed by atoms with Gasteiger partial charge in [0.25, 0.3) is 0 Å². The summed E-state index contributed by atoms with van der Waals surface area (Å²) in [6.45, 7) is 12.3. The van der Waals surface area contributed by atoms with Gasteiger partial charge in [-0.25, -0.2) is 4.79 Å². The SMILES string of the molecule is C=CCC(C)NC1CCCC1CNC(=O)OC(C)(C)C. The lowest BCUT2D eigenvalue weighted by Gasteiger charge is -2.26. The van der Waals surface area contributed by atoms with Crippen LogP contribution in [-0.4, -0.2) is 30.3 Å². The summed E-state index contributed by atoms with van der Waals surface area (Å²) in [6.07, 6.45) is 6.17. The molecule has 2 N–H and O–H groups in total. The Kier molecular flexibility index (Phi) is 6.53. The molecule has 0 aliphatic heterocycles. The molecule has 1 aliphatic carbocycles. The van der Waals surface area contributed by atoms with E-state index in [4.69, 9.17) is 4.74 Å². The lowest BCUT2D eigenvalue weighted by atomic mass is 10.0. The monoisotopic (exact) mass is 282 g/mol. The van der Waals surface area contributed by atoms with Crippen LogP contribution in [0.2, 0.25) is 0 Å². The number of carbonyl (C=O) groups excluding carboxylic acids is 1. The van der Waals surface area contributed by atoms with Crippen LogP contribution < -0.4 is 10.6 Å². The van der Waals surface area contributed by atoms with Crippen molar-refractivity contribution in [2.24, 2.45) is 5.92 Å². The van der Waals surface area contributed by atoms with Gasteiger partial charge in [-0.05, 0) is 52.9 Å². The normalized spacial score (nSPS) is 24.2. The van der Waals surface area contributed by atoms with Gasteiger partial charge in [-0.2, -0.15) is 0 Å². The van der Waals surface area contributed by atoms with Gasteiger partial charge < -0.3 is 15.4 Å². The lowest BCUT2D eigenvalue weighted by molar-refractivity contribution is 0.0517. The Labute approximate surface area is 123 Å². The quantitative estimate of drug-likeness (QED) is 0.735. The Balaban J connectivity index is 2.34. The van der Waals surface area contributed by atoms with Crippen molar-refractivity contribution in [3.8, 4) is 0 Å². The molecule has 1 amide bonds. The van der Waals surface area contributed by atoms with E-state index >= 15 is 0 Å². The first kappa shape index (κ1) is 17.0. The summed E-state index contributed by atoms with van der Waals surface area (Å²) in [5, 5.41) is 6.53. The van der Waals surface area contributed by atoms with Crippen molar-refractivity contribution in [3.05, 3.63) is 12.7 Å². The summed E-state index contributed by atoms with van der Waals surface area (Å²) < 4.78 is 5.27. The summed E-state index contributed by atoms with van der Waals surface area (Å²) in [5.41, 5.74) is -0.435. The molecule has 116 valence electrons. The Morgan fingerprint density at radius 2 is 2.15 bits per heavy atom. The third-order valence-corrected chi connectivity index (χ3v) is 3.59. The second kappa shape index (κ2) is 7.67. The third kappa shape index (κ3) is 6.42. The van der Waals surface area contributed by atoms with Crippen molar-refractivity contribution >= 4 is 6.09 Å². The van der Waals surface area contributed by atoms with E-state index in [-0.39, 0.29) is 6.09 Å². The van der Waals surface area contributed by atoms with Crippen LogP contribution in [-0.2, 0) is 4.74 Å². The molecule has 0 radical (unpaired) electrons. The summed E-state index contributed by atoms with van der Waals surface area (Å²) in [4.78, 5) is 11.7. The predicted octanol–water partition coefficient (Wildman–Crippen LogP) is 3.23. The van der Waals surface area contributed by atoms with Gasteiger partial charge in [-0.1, -0.05) is 12.5 Å². The largest absolute Gasteiger partial charge is 0.444 e. The lowest BCUT2D eigenvalue weighted by Crippen LogP contribution is -2.43. The molecule has 1 fully saturated rings. The van der Waals surface area contributed by atoms with E-state index in [0.29, 0.717) is 24.5 Å². The van der Waals surface area contributed by atoms with Crippen LogP contribution in [0, 0.1) is 5.92 Å². The maximum atomic E-state index is 11.7. The fourth-order valence-corrected chi connectivity index (χ4v) is 2.71. The summed E-state index contributed by atoms with van der Waals surface area (Å²) in [7, 11) is 0. The van der Waals surface area contributed by atoms with Gasteiger partial charge in [0.1, 0.15) is 5.60 Å². The van der Waals surface area contributed by atoms with Crippen LogP contribution in [0.3, 0.4) is 0 Å². The summed E-state index contributed by atoms with van der Waals surface area (Å²) in [5.74, 6) is 0.495. The molecule has 0 saturated heterocycles. The number of amides is 1. The van der Waals surface area contributed by atoms with Crippen LogP contribution in [0.4, 0.5) is 4.79 Å². The minimum atomic E-state index is -0.435. The fraction of sp³-hybridized carbons (Fsp3) is 0.812. The highest BCUT2D eigenvalue weighted by atomic mass is 16.6. The Hall–Kier alpha value is -1.03. The fourth-order valence-electron chi connectivity index (χ4n) is 2.71. The van der Waals surface area contributed by atoms with Crippen molar-refractivity contribution in [2.45, 2.75) is 71.1 Å². The van der Waals surface area contributed by atoms with Crippen molar-refractivity contribution in [1.82, 2.24) is 10.6 Å². The number of rotatable bonds is 6. The zero-order valence-electron chi connectivity index (χ0n) is 13.4. The summed E-state index contributed by atoms with van der Waals surface area (Å²) in [6, 6.07) is 0.930. The number of alkyl carbamates (subject to hydrolysis) is 1. The van der Waals surface area contributed by atoms with E-state index in [1.54, 1.807) is 0 Å². The molecule has 1 rings (SSSR count). The first-order valence-electron chi connectivity index (χ1n) is 7.65. The predicted molar refractivity (Wildman–Crippen MR) is 82.8 cm³/mol. The van der Waals surface area contributed by atoms with Crippen LogP contribution in [0.5, 0.6) is 0 Å². The molecule has 0 bridgehead atoms. The molecule has 1 aliphatic rings. The maximum Gasteiger partial charge on any atom is 0.407 e. The molecule has 20 heavy (non-hydrogen) atoms. The molecule has 1 saturated carbocycles. The van der Waals surface area contributed by atoms with Crippen LogP contribution in [0.25, 0.3) is 0 Å². The van der Waals surface area contributed by atoms with Gasteiger partial charge in [-0.15, -0.1) is 6.58 Å². The molecule has 0 aromatic carbocycles. The molecule has 4 heteroatoms. The van der Waals surface area contributed by atoms with Gasteiger partial charge in [0, 0.05) is 18.6 Å². The zero-order valence-corrected chi connectivity index (χ0v) is 13.4. The molecule has 3 unspecified atom stereocenters. The molecule has 0 spiro atoms. The van der Waals surface area contributed by atoms with Crippen molar-refractivity contribution in [2.75, 3.05) is 6.54 Å². The Morgan fingerprint density at radius 1 is 1.45 bits per heavy atom. The minimum Gasteiger partial charge on any atom is -0.444 e. The number of ether oxygens (including phenoxy) is 1. The highest BCUT2D eigenvalue weighted by Gasteiger charge is 2.28. The van der Waals surface area contributed by atoms with E-state index in [2.05, 4.69) is 24.1 Å². The van der Waals surface area contributed by atoms with Gasteiger partial charge in [-0.3, -0.25) is 0 Å². The smallest absolute Gasteiger partial charge is 0.407 e. The van der Waals surface area contributed by atoms with Gasteiger partial charge >= 0.3 is 6.09 Å². The van der Waals surface area contributed by atoms with E-state index < -0.39 is 5.60 Å². The van der Waals surface area contributed by atoms with Gasteiger partial charge in [0.15, 0.2) is 0 Å². The zero-order chi connectivity index (χ0) is 15.2. The average molecular weight is 282 g/mol. The Bertz CT molecular complexity index is 323. The second-order valence-corrected chi connectivity index (χ2v) is 6.77. The van der Waals surface area contributed by atoms with E-state index in [1.807, 2.05) is 26.8 Å². The summed E-state index contributed by atoms with van der Waals surface area (Å²) >= 11 is 0. The molecule has 3 atom stereocenters. The molecular formula is C16H30N2O2. The molecular weight excluding hydrogens is 252 g/mol. The number of nitrogens with one attached hydrogen (secondary N) is 2. The second-order valence-electron chi connectivity index (χ2n) is 6.77. The number of hydrogen-bond acceptors (Lipinski definition) is 3. The average Bonchev–Trinajstić information content (AvgIpc) is 2.71. The number of hydrogen-bond donors (Lipinski definition) is 2. The standard InChI is InChI=1S/C16H30N2O2/c1-6-8-12(2)18-14-10-7-9-13(14)11-17-15(19)20-16(3,4)5/h6,12-14,18H,1,7-11H2,2-5H3,(H,17,19). The van der Waals surface area contributed by atoms with Crippen molar-refractivity contribution in [3.63, 3.8) is 0 Å². The first-order valence-corrected chi connectivity index (χ1v) is 7.65. The van der Waals surface area contributed by atoms with Crippen LogP contribution >= 0.6 is 0 Å². The molecule has 4 nitrogen and oxygen atoms in total. The topological polar surface area (TPSA) is 50.4 Å². The van der Waals surface area contributed by atoms with E-state index in [0.717, 1.165) is 12.8 Å². The highest BCUT2D eigenvalue weighted by Crippen LogP contribution is 2.25. The maximum absolute atomic E-state index is 11.7. The third-order valence-electron chi connectivity index (χ3n) is 3.59. The van der Waals surface area contributed by atoms with Crippen LogP contribution in [0.1, 0.15) is 53.4 Å². The van der Waals surface area contributed by atoms with E-state index in [1.165, 1.54) is 12.8 Å². The van der Waals surface area contributed by atoms with Crippen molar-refractivity contribution < 1.29 is 9.53 Å². The molecule has 0 aromatic heterocycles. The van der Waals surface area contributed by atoms with Crippen molar-refractivity contribution in [1.29, 1.82) is 0 Å². The van der Waals surface area contributed by atoms with Gasteiger partial charge in [0.2, 0.25) is 0 Å². The van der Waals surface area contributed by atoms with Crippen LogP contribution in [0.15, 0.2) is 12.7 Å². The molecule has 0 heterocycles. The van der Waals surface area contributed by atoms with E-state index in [9.17, 15) is 4.79 Å². The first-order chi connectivity index (χ1) is 9.31. The minimum absolute atomic E-state index is 0.317. The van der Waals surface area contributed by atoms with Gasteiger partial charge in [0.05, 0.1) is 0 Å². The Morgan fingerprint density at radius 3 is 2.75 bits per heavy atom. The molecule has 0 aromatic rings. The number of carbonyl (C=O) groups is 1. The highest BCUT2D eigenvalue weighted by molar-refractivity contribution is 5.67.